The molecule has 0 atom stereocenters. The molecular formula is C23H21N5OS. The van der Waals surface area contributed by atoms with Gasteiger partial charge in [0.05, 0.1) is 15.9 Å². The molecule has 2 N–H and O–H groups in total. The Kier molecular flexibility index (Phi) is 5.03. The number of carbonyl (C=O) groups excluding carboxylic acids is 1. The van der Waals surface area contributed by atoms with Gasteiger partial charge in [0.25, 0.3) is 0 Å². The van der Waals surface area contributed by atoms with Crippen molar-refractivity contribution < 1.29 is 4.79 Å². The van der Waals surface area contributed by atoms with Crippen molar-refractivity contribution in [1.29, 1.82) is 0 Å². The number of nitrogens with one attached hydrogen (secondary N) is 2. The van der Waals surface area contributed by atoms with Gasteiger partial charge in [0.1, 0.15) is 6.33 Å². The Morgan fingerprint density at radius 2 is 1.53 bits per heavy atom. The molecule has 1 saturated heterocycles. The van der Waals surface area contributed by atoms with E-state index in [9.17, 15) is 4.79 Å². The van der Waals surface area contributed by atoms with Gasteiger partial charge < -0.3 is 15.5 Å². The van der Waals surface area contributed by atoms with Crippen LogP contribution in [0.1, 0.15) is 12.8 Å². The summed E-state index contributed by atoms with van der Waals surface area (Å²) in [4.78, 5) is 23.4. The summed E-state index contributed by atoms with van der Waals surface area (Å²) in [6.45, 7) is 2.21. The Balaban J connectivity index is 1.23. The van der Waals surface area contributed by atoms with Crippen LogP contribution in [-0.4, -0.2) is 29.1 Å². The highest BCUT2D eigenvalue weighted by molar-refractivity contribution is 7.17. The van der Waals surface area contributed by atoms with Gasteiger partial charge in [0.2, 0.25) is 0 Å². The summed E-state index contributed by atoms with van der Waals surface area (Å²) in [7, 11) is 0. The molecule has 0 spiro atoms. The van der Waals surface area contributed by atoms with Gasteiger partial charge in [-0.15, -0.1) is 11.3 Å². The normalized spacial score (nSPS) is 13.5. The maximum atomic E-state index is 12.4. The first kappa shape index (κ1) is 18.6. The fourth-order valence-electron chi connectivity index (χ4n) is 3.73. The molecule has 0 saturated carbocycles. The van der Waals surface area contributed by atoms with Crippen LogP contribution in [0.25, 0.3) is 21.5 Å². The molecule has 2 aromatic heterocycles. The molecule has 1 aliphatic heterocycles. The number of aromatic nitrogens is 2. The Labute approximate surface area is 178 Å². The molecule has 1 fully saturated rings. The van der Waals surface area contributed by atoms with Crippen molar-refractivity contribution >= 4 is 44.6 Å². The number of thiophene rings is 1. The zero-order chi connectivity index (χ0) is 20.3. The Hall–Kier alpha value is -3.45. The first-order chi connectivity index (χ1) is 14.8. The van der Waals surface area contributed by atoms with Crippen molar-refractivity contribution in [3.8, 4) is 11.3 Å². The quantitative estimate of drug-likeness (QED) is 0.455. The maximum absolute atomic E-state index is 12.4. The summed E-state index contributed by atoms with van der Waals surface area (Å²) in [6.07, 6.45) is 4.08. The second-order valence-corrected chi connectivity index (χ2v) is 8.17. The number of amides is 2. The predicted octanol–water partition coefficient (Wildman–Crippen LogP) is 5.60. The van der Waals surface area contributed by atoms with E-state index >= 15 is 0 Å². The van der Waals surface area contributed by atoms with Crippen LogP contribution < -0.4 is 15.5 Å². The van der Waals surface area contributed by atoms with Gasteiger partial charge in [-0.05, 0) is 60.7 Å². The van der Waals surface area contributed by atoms with E-state index in [1.807, 2.05) is 47.8 Å². The topological polar surface area (TPSA) is 70.1 Å². The van der Waals surface area contributed by atoms with Gasteiger partial charge in [-0.1, -0.05) is 12.1 Å². The minimum Gasteiger partial charge on any atom is -0.372 e. The molecule has 4 aromatic rings. The second-order valence-electron chi connectivity index (χ2n) is 7.25. The lowest BCUT2D eigenvalue weighted by Crippen LogP contribution is -2.20. The molecule has 150 valence electrons. The lowest BCUT2D eigenvalue weighted by atomic mass is 10.1. The zero-order valence-corrected chi connectivity index (χ0v) is 17.2. The lowest BCUT2D eigenvalue weighted by molar-refractivity contribution is 0.262. The zero-order valence-electron chi connectivity index (χ0n) is 16.3. The van der Waals surface area contributed by atoms with Crippen LogP contribution >= 0.6 is 11.3 Å². The Morgan fingerprint density at radius 1 is 0.867 bits per heavy atom. The lowest BCUT2D eigenvalue weighted by Gasteiger charge is -2.17. The summed E-state index contributed by atoms with van der Waals surface area (Å²) in [6, 6.07) is 17.4. The minimum atomic E-state index is -0.264. The molecule has 6 nitrogen and oxygen atoms in total. The van der Waals surface area contributed by atoms with Crippen molar-refractivity contribution in [2.24, 2.45) is 0 Å². The maximum Gasteiger partial charge on any atom is 0.323 e. The third-order valence-corrected chi connectivity index (χ3v) is 6.17. The van der Waals surface area contributed by atoms with Gasteiger partial charge in [0.15, 0.2) is 0 Å². The molecule has 7 heteroatoms. The summed E-state index contributed by atoms with van der Waals surface area (Å²) in [5, 5.41) is 7.78. The van der Waals surface area contributed by atoms with Crippen LogP contribution in [0.15, 0.2) is 66.3 Å². The smallest absolute Gasteiger partial charge is 0.323 e. The third kappa shape index (κ3) is 3.84. The van der Waals surface area contributed by atoms with Crippen LogP contribution in [0.2, 0.25) is 0 Å². The Morgan fingerprint density at radius 3 is 2.23 bits per heavy atom. The van der Waals surface area contributed by atoms with E-state index < -0.39 is 0 Å². The van der Waals surface area contributed by atoms with E-state index in [1.165, 1.54) is 18.5 Å². The van der Waals surface area contributed by atoms with Crippen molar-refractivity contribution in [3.05, 3.63) is 66.3 Å². The van der Waals surface area contributed by atoms with Gasteiger partial charge in [0, 0.05) is 35.7 Å². The fraction of sp³-hybridized carbons (Fsp3) is 0.174. The van der Waals surface area contributed by atoms with Crippen LogP contribution in [-0.2, 0) is 0 Å². The number of carbonyl (C=O) groups is 1. The van der Waals surface area contributed by atoms with Gasteiger partial charge in [-0.2, -0.15) is 0 Å². The monoisotopic (exact) mass is 415 g/mol. The van der Waals surface area contributed by atoms with Gasteiger partial charge in [-0.25, -0.2) is 14.8 Å². The first-order valence-electron chi connectivity index (χ1n) is 9.98. The van der Waals surface area contributed by atoms with Crippen molar-refractivity contribution in [3.63, 3.8) is 0 Å². The highest BCUT2D eigenvalue weighted by Crippen LogP contribution is 2.30. The number of hydrogen-bond donors (Lipinski definition) is 2. The second kappa shape index (κ2) is 8.12. The Bertz CT molecular complexity index is 1160. The van der Waals surface area contributed by atoms with Crippen LogP contribution in [0, 0.1) is 0 Å². The molecule has 0 bridgehead atoms. The molecule has 5 rings (SSSR count). The predicted molar refractivity (Wildman–Crippen MR) is 123 cm³/mol. The number of hydrogen-bond acceptors (Lipinski definition) is 5. The minimum absolute atomic E-state index is 0.264. The van der Waals surface area contributed by atoms with Crippen molar-refractivity contribution in [2.45, 2.75) is 12.8 Å². The molecule has 0 radical (unpaired) electrons. The van der Waals surface area contributed by atoms with E-state index in [4.69, 9.17) is 0 Å². The number of nitrogens with zero attached hydrogens (tertiary/aromatic N) is 3. The third-order valence-electron chi connectivity index (χ3n) is 5.26. The standard InChI is InChI=1S/C23H21N5OS/c29-23(27-18-7-9-19(10-8-18)28-12-1-2-13-28)26-17-5-3-16(4-6-17)21-22-20(11-14-30-22)24-15-25-21/h3-11,14-15H,1-2,12-13H2,(H2,26,27,29). The van der Waals surface area contributed by atoms with E-state index in [0.29, 0.717) is 0 Å². The van der Waals surface area contributed by atoms with Gasteiger partial charge in [-0.3, -0.25) is 0 Å². The van der Waals surface area contributed by atoms with Crippen LogP contribution in [0.3, 0.4) is 0 Å². The largest absolute Gasteiger partial charge is 0.372 e. The molecule has 0 unspecified atom stereocenters. The number of fused-ring (bicyclic) bond motifs is 1. The summed E-state index contributed by atoms with van der Waals surface area (Å²) >= 11 is 1.63. The molecule has 2 aromatic carbocycles. The number of anilines is 3. The van der Waals surface area contributed by atoms with E-state index in [0.717, 1.165) is 45.9 Å². The van der Waals surface area contributed by atoms with Crippen molar-refractivity contribution in [1.82, 2.24) is 9.97 Å². The van der Waals surface area contributed by atoms with Gasteiger partial charge >= 0.3 is 6.03 Å². The molecule has 3 heterocycles. The molecule has 2 amide bonds. The van der Waals surface area contributed by atoms with E-state index in [-0.39, 0.29) is 6.03 Å². The number of urea groups is 1. The van der Waals surface area contributed by atoms with Crippen molar-refractivity contribution in [2.75, 3.05) is 28.6 Å². The fourth-order valence-corrected chi connectivity index (χ4v) is 4.59. The first-order valence-corrected chi connectivity index (χ1v) is 10.9. The molecule has 1 aliphatic rings. The number of benzene rings is 2. The van der Waals surface area contributed by atoms with E-state index in [1.54, 1.807) is 17.7 Å². The SMILES string of the molecule is O=C(Nc1ccc(-c2ncnc3ccsc23)cc1)Nc1ccc(N2CCCC2)cc1. The highest BCUT2D eigenvalue weighted by atomic mass is 32.1. The van der Waals surface area contributed by atoms with E-state index in [2.05, 4.69) is 37.6 Å². The average molecular weight is 416 g/mol. The molecule has 0 aliphatic carbocycles. The van der Waals surface area contributed by atoms with Crippen LogP contribution in [0.4, 0.5) is 21.9 Å². The highest BCUT2D eigenvalue weighted by Gasteiger charge is 2.12. The summed E-state index contributed by atoms with van der Waals surface area (Å²) < 4.78 is 1.06. The molecular weight excluding hydrogens is 394 g/mol. The van der Waals surface area contributed by atoms with Crippen LogP contribution in [0.5, 0.6) is 0 Å². The average Bonchev–Trinajstić information content (AvgIpc) is 3.47. The summed E-state index contributed by atoms with van der Waals surface area (Å²) in [5.74, 6) is 0. The number of rotatable bonds is 4. The summed E-state index contributed by atoms with van der Waals surface area (Å²) in [5.41, 5.74) is 5.55. The molecule has 30 heavy (non-hydrogen) atoms.